The van der Waals surface area contributed by atoms with E-state index < -0.39 is 0 Å². The minimum Gasteiger partial charge on any atom is -0.395 e. The molecule has 0 aliphatic rings. The van der Waals surface area contributed by atoms with E-state index in [4.69, 9.17) is 0 Å². The third-order valence-corrected chi connectivity index (χ3v) is 3.61. The van der Waals surface area contributed by atoms with Crippen LogP contribution in [-0.4, -0.2) is 11.7 Å². The van der Waals surface area contributed by atoms with Gasteiger partial charge in [-0.25, -0.2) is 0 Å². The number of aliphatic hydroxyl groups is 1. The zero-order valence-electron chi connectivity index (χ0n) is 8.91. The van der Waals surface area contributed by atoms with Crippen LogP contribution in [0.5, 0.6) is 0 Å². The van der Waals surface area contributed by atoms with Crippen LogP contribution in [0.25, 0.3) is 0 Å². The monoisotopic (exact) mass is 230 g/mol. The summed E-state index contributed by atoms with van der Waals surface area (Å²) in [6.07, 6.45) is 0. The molecule has 2 aromatic carbocycles. The van der Waals surface area contributed by atoms with Crippen molar-refractivity contribution in [3.8, 4) is 0 Å². The van der Waals surface area contributed by atoms with Crippen molar-refractivity contribution in [2.75, 3.05) is 6.61 Å². The van der Waals surface area contributed by atoms with Gasteiger partial charge in [-0.2, -0.15) is 0 Å². The van der Waals surface area contributed by atoms with Crippen molar-refractivity contribution in [1.82, 2.24) is 0 Å². The normalized spacial score (nSPS) is 12.3. The Labute approximate surface area is 100 Å². The lowest BCUT2D eigenvalue weighted by Gasteiger charge is -2.13. The summed E-state index contributed by atoms with van der Waals surface area (Å²) >= 11 is 1.69. The molecule has 2 heteroatoms. The smallest absolute Gasteiger partial charge is 0.0594 e. The Morgan fingerprint density at radius 1 is 0.875 bits per heavy atom. The number of thioether (sulfide) groups is 1. The summed E-state index contributed by atoms with van der Waals surface area (Å²) in [5.74, 6) is 0. The summed E-state index contributed by atoms with van der Waals surface area (Å²) in [7, 11) is 0. The number of hydrogen-bond donors (Lipinski definition) is 1. The standard InChI is InChI=1S/C14H14OS/c15-11-14(12-7-3-1-4-8-12)16-13-9-5-2-6-10-13/h1-10,14-15H,11H2. The molecule has 1 unspecified atom stereocenters. The third-order valence-electron chi connectivity index (χ3n) is 2.36. The number of aliphatic hydroxyl groups excluding tert-OH is 1. The van der Waals surface area contributed by atoms with E-state index in [1.54, 1.807) is 11.8 Å². The van der Waals surface area contributed by atoms with Crippen molar-refractivity contribution in [3.63, 3.8) is 0 Å². The zero-order chi connectivity index (χ0) is 11.2. The van der Waals surface area contributed by atoms with Crippen molar-refractivity contribution in [2.45, 2.75) is 10.1 Å². The zero-order valence-corrected chi connectivity index (χ0v) is 9.73. The molecule has 2 rings (SSSR count). The quantitative estimate of drug-likeness (QED) is 0.811. The molecule has 0 spiro atoms. The van der Waals surface area contributed by atoms with Gasteiger partial charge in [0.15, 0.2) is 0 Å². The first-order valence-electron chi connectivity index (χ1n) is 5.27. The van der Waals surface area contributed by atoms with E-state index in [0.29, 0.717) is 0 Å². The SMILES string of the molecule is OCC(Sc1ccccc1)c1ccccc1. The van der Waals surface area contributed by atoms with Gasteiger partial charge in [-0.1, -0.05) is 48.5 Å². The minimum atomic E-state index is 0.114. The maximum atomic E-state index is 9.42. The molecular weight excluding hydrogens is 216 g/mol. The van der Waals surface area contributed by atoms with Gasteiger partial charge in [-0.15, -0.1) is 11.8 Å². The second-order valence-corrected chi connectivity index (χ2v) is 4.79. The molecule has 0 aliphatic heterocycles. The Balaban J connectivity index is 2.13. The molecule has 0 bridgehead atoms. The number of rotatable bonds is 4. The summed E-state index contributed by atoms with van der Waals surface area (Å²) in [4.78, 5) is 1.19. The average Bonchev–Trinajstić information content (AvgIpc) is 2.38. The van der Waals surface area contributed by atoms with Crippen LogP contribution in [-0.2, 0) is 0 Å². The van der Waals surface area contributed by atoms with Gasteiger partial charge in [0.25, 0.3) is 0 Å². The van der Waals surface area contributed by atoms with Crippen molar-refractivity contribution in [1.29, 1.82) is 0 Å². The Kier molecular flexibility index (Phi) is 4.03. The number of benzene rings is 2. The second kappa shape index (κ2) is 5.73. The molecule has 0 aromatic heterocycles. The highest BCUT2D eigenvalue weighted by Crippen LogP contribution is 2.34. The van der Waals surface area contributed by atoms with E-state index in [-0.39, 0.29) is 11.9 Å². The van der Waals surface area contributed by atoms with Crippen molar-refractivity contribution >= 4 is 11.8 Å². The van der Waals surface area contributed by atoms with Gasteiger partial charge >= 0.3 is 0 Å². The van der Waals surface area contributed by atoms with E-state index in [9.17, 15) is 5.11 Å². The Bertz CT molecular complexity index is 413. The average molecular weight is 230 g/mol. The fraction of sp³-hybridized carbons (Fsp3) is 0.143. The Hall–Kier alpha value is -1.25. The van der Waals surface area contributed by atoms with Gasteiger partial charge in [0.05, 0.1) is 11.9 Å². The molecule has 1 atom stereocenters. The van der Waals surface area contributed by atoms with Crippen LogP contribution in [0, 0.1) is 0 Å². The molecule has 16 heavy (non-hydrogen) atoms. The van der Waals surface area contributed by atoms with Crippen molar-refractivity contribution in [3.05, 3.63) is 66.2 Å². The van der Waals surface area contributed by atoms with Crippen LogP contribution >= 0.6 is 11.8 Å². The summed E-state index contributed by atoms with van der Waals surface area (Å²) < 4.78 is 0. The lowest BCUT2D eigenvalue weighted by molar-refractivity contribution is 0.296. The summed E-state index contributed by atoms with van der Waals surface area (Å²) in [6, 6.07) is 20.3. The van der Waals surface area contributed by atoms with Crippen LogP contribution in [0.3, 0.4) is 0 Å². The van der Waals surface area contributed by atoms with E-state index in [1.807, 2.05) is 36.4 Å². The molecule has 0 heterocycles. The topological polar surface area (TPSA) is 20.2 Å². The second-order valence-electron chi connectivity index (χ2n) is 3.51. The minimum absolute atomic E-state index is 0.114. The maximum Gasteiger partial charge on any atom is 0.0594 e. The molecule has 0 radical (unpaired) electrons. The Morgan fingerprint density at radius 2 is 1.44 bits per heavy atom. The lowest BCUT2D eigenvalue weighted by atomic mass is 10.2. The molecule has 0 saturated carbocycles. The van der Waals surface area contributed by atoms with E-state index in [1.165, 1.54) is 10.5 Å². The van der Waals surface area contributed by atoms with Crippen LogP contribution in [0.4, 0.5) is 0 Å². The highest BCUT2D eigenvalue weighted by molar-refractivity contribution is 7.99. The highest BCUT2D eigenvalue weighted by atomic mass is 32.2. The summed E-state index contributed by atoms with van der Waals surface area (Å²) in [5, 5.41) is 9.53. The van der Waals surface area contributed by atoms with Gasteiger partial charge in [-0.05, 0) is 17.7 Å². The third kappa shape index (κ3) is 2.87. The molecule has 1 nitrogen and oxygen atoms in total. The molecule has 1 N–H and O–H groups in total. The van der Waals surface area contributed by atoms with E-state index >= 15 is 0 Å². The lowest BCUT2D eigenvalue weighted by Crippen LogP contribution is -1.99. The first-order valence-corrected chi connectivity index (χ1v) is 6.15. The molecule has 0 amide bonds. The predicted octanol–water partition coefficient (Wildman–Crippen LogP) is 3.51. The molecule has 82 valence electrons. The highest BCUT2D eigenvalue weighted by Gasteiger charge is 2.10. The maximum absolute atomic E-state index is 9.42. The first kappa shape index (κ1) is 11.2. The molecular formula is C14H14OS. The van der Waals surface area contributed by atoms with Crippen molar-refractivity contribution in [2.24, 2.45) is 0 Å². The fourth-order valence-electron chi connectivity index (χ4n) is 1.54. The van der Waals surface area contributed by atoms with Crippen molar-refractivity contribution < 1.29 is 5.11 Å². The van der Waals surface area contributed by atoms with Gasteiger partial charge in [0.1, 0.15) is 0 Å². The largest absolute Gasteiger partial charge is 0.395 e. The summed E-state index contributed by atoms with van der Waals surface area (Å²) in [5.41, 5.74) is 1.17. The molecule has 0 fully saturated rings. The van der Waals surface area contributed by atoms with Crippen LogP contribution in [0.15, 0.2) is 65.6 Å². The fourth-order valence-corrected chi connectivity index (χ4v) is 2.55. The predicted molar refractivity (Wildman–Crippen MR) is 68.6 cm³/mol. The van der Waals surface area contributed by atoms with Gasteiger partial charge in [0, 0.05) is 4.90 Å². The Morgan fingerprint density at radius 3 is 2.00 bits per heavy atom. The molecule has 0 aliphatic carbocycles. The van der Waals surface area contributed by atoms with Crippen LogP contribution in [0.1, 0.15) is 10.8 Å². The molecule has 2 aromatic rings. The first-order chi connectivity index (χ1) is 7.90. The van der Waals surface area contributed by atoms with Crippen LogP contribution < -0.4 is 0 Å². The van der Waals surface area contributed by atoms with E-state index in [0.717, 1.165) is 0 Å². The van der Waals surface area contributed by atoms with Gasteiger partial charge < -0.3 is 5.11 Å². The number of hydrogen-bond acceptors (Lipinski definition) is 2. The molecule has 0 saturated heterocycles. The van der Waals surface area contributed by atoms with Gasteiger partial charge in [-0.3, -0.25) is 0 Å². The van der Waals surface area contributed by atoms with E-state index in [2.05, 4.69) is 24.3 Å². The van der Waals surface area contributed by atoms with Crippen LogP contribution in [0.2, 0.25) is 0 Å². The summed E-state index contributed by atoms with van der Waals surface area (Å²) in [6.45, 7) is 0.156. The van der Waals surface area contributed by atoms with Gasteiger partial charge in [0.2, 0.25) is 0 Å².